The van der Waals surface area contributed by atoms with Crippen molar-refractivity contribution in [2.24, 2.45) is 0 Å². The van der Waals surface area contributed by atoms with E-state index in [-0.39, 0.29) is 12.5 Å². The van der Waals surface area contributed by atoms with Crippen LogP contribution in [0.3, 0.4) is 0 Å². The molecule has 0 aliphatic carbocycles. The number of hydrogen-bond donors (Lipinski definition) is 1. The second-order valence-electron chi connectivity index (χ2n) is 9.26. The number of nitrogens with zero attached hydrogens (tertiary/aromatic N) is 2. The Kier molecular flexibility index (Phi) is 9.57. The fourth-order valence-corrected chi connectivity index (χ4v) is 4.31. The van der Waals surface area contributed by atoms with Crippen molar-refractivity contribution < 1.29 is 22.7 Å². The van der Waals surface area contributed by atoms with Crippen molar-refractivity contribution in [2.75, 3.05) is 23.7 Å². The first kappa shape index (κ1) is 28.5. The van der Waals surface area contributed by atoms with Gasteiger partial charge in [-0.25, -0.2) is 8.42 Å². The number of halogens is 1. The van der Waals surface area contributed by atoms with Crippen molar-refractivity contribution in [3.63, 3.8) is 0 Å². The zero-order chi connectivity index (χ0) is 26.4. The fraction of sp³-hybridized carbons (Fsp3) is 0.440. The molecule has 0 aliphatic heterocycles. The summed E-state index contributed by atoms with van der Waals surface area (Å²) in [5.74, 6) is -0.268. The van der Waals surface area contributed by atoms with Gasteiger partial charge in [-0.1, -0.05) is 23.7 Å². The molecule has 0 radical (unpaired) electrons. The maximum Gasteiger partial charge on any atom is 0.244 e. The van der Waals surface area contributed by atoms with Gasteiger partial charge in [0.2, 0.25) is 21.8 Å². The summed E-state index contributed by atoms with van der Waals surface area (Å²) in [6.07, 6.45) is 1.04. The molecule has 35 heavy (non-hydrogen) atoms. The number of ether oxygens (including phenoxy) is 1. The molecular weight excluding hydrogens is 490 g/mol. The van der Waals surface area contributed by atoms with E-state index in [9.17, 15) is 18.0 Å². The molecule has 0 heterocycles. The Morgan fingerprint density at radius 3 is 2.11 bits per heavy atom. The molecule has 2 rings (SSSR count). The standard InChI is InChI=1S/C25H34ClN3O5S/c1-7-34-22-14-12-21(13-15-22)29(35(6,32)33)17-23(30)28(16-19-8-10-20(26)11-9-19)18(2)24(31)27-25(3,4)5/h8-15,18H,7,16-17H2,1-6H3,(H,27,31). The van der Waals surface area contributed by atoms with Crippen molar-refractivity contribution in [1.82, 2.24) is 10.2 Å². The first-order valence-electron chi connectivity index (χ1n) is 11.3. The largest absolute Gasteiger partial charge is 0.494 e. The molecule has 0 saturated carbocycles. The minimum Gasteiger partial charge on any atom is -0.494 e. The molecule has 1 unspecified atom stereocenters. The van der Waals surface area contributed by atoms with Crippen molar-refractivity contribution in [2.45, 2.75) is 52.7 Å². The van der Waals surface area contributed by atoms with Gasteiger partial charge < -0.3 is 15.0 Å². The lowest BCUT2D eigenvalue weighted by Crippen LogP contribution is -2.54. The molecule has 2 aromatic carbocycles. The van der Waals surface area contributed by atoms with E-state index in [2.05, 4.69) is 5.32 Å². The molecule has 1 atom stereocenters. The SMILES string of the molecule is CCOc1ccc(N(CC(=O)N(Cc2ccc(Cl)cc2)C(C)C(=O)NC(C)(C)C)S(C)(=O)=O)cc1. The van der Waals surface area contributed by atoms with Crippen molar-refractivity contribution in [3.8, 4) is 5.75 Å². The fourth-order valence-electron chi connectivity index (χ4n) is 3.33. The van der Waals surface area contributed by atoms with Gasteiger partial charge in [0.15, 0.2) is 0 Å². The molecule has 0 fully saturated rings. The van der Waals surface area contributed by atoms with E-state index < -0.39 is 34.1 Å². The van der Waals surface area contributed by atoms with Crippen LogP contribution >= 0.6 is 11.6 Å². The predicted octanol–water partition coefficient (Wildman–Crippen LogP) is 3.84. The number of carbonyl (C=O) groups is 2. The average Bonchev–Trinajstić information content (AvgIpc) is 2.75. The molecule has 0 aromatic heterocycles. The van der Waals surface area contributed by atoms with Crippen LogP contribution in [0.4, 0.5) is 5.69 Å². The first-order chi connectivity index (χ1) is 16.2. The van der Waals surface area contributed by atoms with Crippen LogP contribution in [0.25, 0.3) is 0 Å². The zero-order valence-electron chi connectivity index (χ0n) is 21.0. The van der Waals surface area contributed by atoms with E-state index in [1.165, 1.54) is 4.90 Å². The summed E-state index contributed by atoms with van der Waals surface area (Å²) in [6.45, 7) is 9.13. The normalized spacial score (nSPS) is 12.5. The van der Waals surface area contributed by atoms with Crippen LogP contribution in [0.2, 0.25) is 5.02 Å². The maximum atomic E-state index is 13.5. The molecule has 10 heteroatoms. The monoisotopic (exact) mass is 523 g/mol. The molecule has 192 valence electrons. The average molecular weight is 524 g/mol. The van der Waals surface area contributed by atoms with E-state index in [0.29, 0.717) is 23.1 Å². The lowest BCUT2D eigenvalue weighted by molar-refractivity contribution is -0.140. The van der Waals surface area contributed by atoms with Gasteiger partial charge in [-0.05, 0) is 76.6 Å². The zero-order valence-corrected chi connectivity index (χ0v) is 22.6. The highest BCUT2D eigenvalue weighted by Crippen LogP contribution is 2.23. The van der Waals surface area contributed by atoms with Crippen LogP contribution < -0.4 is 14.4 Å². The summed E-state index contributed by atoms with van der Waals surface area (Å²) in [5, 5.41) is 3.43. The van der Waals surface area contributed by atoms with E-state index >= 15 is 0 Å². The van der Waals surface area contributed by atoms with E-state index in [1.807, 2.05) is 27.7 Å². The second kappa shape index (κ2) is 11.8. The van der Waals surface area contributed by atoms with E-state index in [0.717, 1.165) is 16.1 Å². The van der Waals surface area contributed by atoms with Gasteiger partial charge in [0.25, 0.3) is 0 Å². The second-order valence-corrected chi connectivity index (χ2v) is 11.6. The summed E-state index contributed by atoms with van der Waals surface area (Å²) in [5.41, 5.74) is 0.578. The lowest BCUT2D eigenvalue weighted by atomic mass is 10.1. The lowest BCUT2D eigenvalue weighted by Gasteiger charge is -2.33. The molecule has 2 amide bonds. The maximum absolute atomic E-state index is 13.5. The Morgan fingerprint density at radius 1 is 1.06 bits per heavy atom. The van der Waals surface area contributed by atoms with Crippen molar-refractivity contribution >= 4 is 39.1 Å². The molecule has 2 aromatic rings. The van der Waals surface area contributed by atoms with Gasteiger partial charge in [0.1, 0.15) is 18.3 Å². The van der Waals surface area contributed by atoms with Crippen LogP contribution in [-0.2, 0) is 26.2 Å². The summed E-state index contributed by atoms with van der Waals surface area (Å²) in [7, 11) is -3.80. The Bertz CT molecular complexity index is 1110. The number of nitrogens with one attached hydrogen (secondary N) is 1. The summed E-state index contributed by atoms with van der Waals surface area (Å²) in [6, 6.07) is 12.5. The Balaban J connectivity index is 2.37. The topological polar surface area (TPSA) is 96.0 Å². The van der Waals surface area contributed by atoms with Gasteiger partial charge in [0, 0.05) is 17.1 Å². The number of amides is 2. The van der Waals surface area contributed by atoms with Crippen LogP contribution in [0.1, 0.15) is 40.2 Å². The highest BCUT2D eigenvalue weighted by Gasteiger charge is 2.31. The van der Waals surface area contributed by atoms with Gasteiger partial charge in [0.05, 0.1) is 18.6 Å². The highest BCUT2D eigenvalue weighted by atomic mass is 35.5. The number of anilines is 1. The highest BCUT2D eigenvalue weighted by molar-refractivity contribution is 7.92. The van der Waals surface area contributed by atoms with E-state index in [1.54, 1.807) is 55.5 Å². The summed E-state index contributed by atoms with van der Waals surface area (Å²) >= 11 is 5.99. The van der Waals surface area contributed by atoms with Gasteiger partial charge in [-0.2, -0.15) is 0 Å². The first-order valence-corrected chi connectivity index (χ1v) is 13.5. The minimum absolute atomic E-state index is 0.107. The summed E-state index contributed by atoms with van der Waals surface area (Å²) < 4.78 is 31.7. The number of hydrogen-bond acceptors (Lipinski definition) is 5. The molecule has 0 aliphatic rings. The Morgan fingerprint density at radius 2 is 1.63 bits per heavy atom. The smallest absolute Gasteiger partial charge is 0.244 e. The Labute approximate surface area is 213 Å². The molecule has 1 N–H and O–H groups in total. The predicted molar refractivity (Wildman–Crippen MR) is 139 cm³/mol. The third-order valence-corrected chi connectivity index (χ3v) is 6.44. The van der Waals surface area contributed by atoms with Crippen LogP contribution in [0.5, 0.6) is 5.75 Å². The molecule has 8 nitrogen and oxygen atoms in total. The van der Waals surface area contributed by atoms with Crippen LogP contribution in [-0.4, -0.2) is 56.1 Å². The van der Waals surface area contributed by atoms with Gasteiger partial charge in [-0.15, -0.1) is 0 Å². The van der Waals surface area contributed by atoms with Gasteiger partial charge in [-0.3, -0.25) is 13.9 Å². The number of sulfonamides is 1. The molecule has 0 saturated heterocycles. The quantitative estimate of drug-likeness (QED) is 0.510. The van der Waals surface area contributed by atoms with Crippen LogP contribution in [0, 0.1) is 0 Å². The number of benzene rings is 2. The molecular formula is C25H34ClN3O5S. The molecule has 0 bridgehead atoms. The Hall–Kier alpha value is -2.78. The number of rotatable bonds is 10. The van der Waals surface area contributed by atoms with Crippen molar-refractivity contribution in [1.29, 1.82) is 0 Å². The van der Waals surface area contributed by atoms with Gasteiger partial charge >= 0.3 is 0 Å². The minimum atomic E-state index is -3.80. The van der Waals surface area contributed by atoms with Crippen molar-refractivity contribution in [3.05, 3.63) is 59.1 Å². The third-order valence-electron chi connectivity index (χ3n) is 5.05. The third kappa shape index (κ3) is 8.74. The molecule has 0 spiro atoms. The number of carbonyl (C=O) groups excluding carboxylic acids is 2. The van der Waals surface area contributed by atoms with E-state index in [4.69, 9.17) is 16.3 Å². The van der Waals surface area contributed by atoms with Crippen LogP contribution in [0.15, 0.2) is 48.5 Å². The summed E-state index contributed by atoms with van der Waals surface area (Å²) in [4.78, 5) is 27.8.